The van der Waals surface area contributed by atoms with E-state index in [4.69, 9.17) is 16.7 Å². The summed E-state index contributed by atoms with van der Waals surface area (Å²) in [5.74, 6) is -1.82. The van der Waals surface area contributed by atoms with Crippen LogP contribution in [-0.4, -0.2) is 28.0 Å². The zero-order valence-corrected chi connectivity index (χ0v) is 12.0. The monoisotopic (exact) mass is 344 g/mol. The van der Waals surface area contributed by atoms with Crippen LogP contribution in [0.25, 0.3) is 0 Å². The molecule has 0 spiro atoms. The molecule has 0 bridgehead atoms. The number of rotatable bonds is 3. The molecule has 2 atom stereocenters. The number of hydrogen-bond donors (Lipinski definition) is 2. The van der Waals surface area contributed by atoms with Crippen LogP contribution in [0.2, 0.25) is 5.15 Å². The van der Waals surface area contributed by atoms with Crippen LogP contribution in [0.4, 0.5) is 0 Å². The Labute approximate surface area is 122 Å². The van der Waals surface area contributed by atoms with Crippen LogP contribution >= 0.6 is 27.5 Å². The van der Waals surface area contributed by atoms with E-state index < -0.39 is 11.9 Å². The Morgan fingerprint density at radius 3 is 2.84 bits per heavy atom. The molecule has 1 heterocycles. The lowest BCUT2D eigenvalue weighted by atomic mass is 10.1. The van der Waals surface area contributed by atoms with Gasteiger partial charge < -0.3 is 10.4 Å². The highest BCUT2D eigenvalue weighted by atomic mass is 79.9. The van der Waals surface area contributed by atoms with Gasteiger partial charge in [-0.3, -0.25) is 9.59 Å². The number of pyridine rings is 1. The van der Waals surface area contributed by atoms with Crippen molar-refractivity contribution >= 4 is 39.4 Å². The SMILES string of the molecule is O=C(NC1C=CC(C(=O)O)C1)c1cc(Br)cnc1Cl. The fourth-order valence-corrected chi connectivity index (χ4v) is 2.34. The molecule has 0 aliphatic heterocycles. The van der Waals surface area contributed by atoms with Crippen LogP contribution in [0, 0.1) is 5.92 Å². The fourth-order valence-electron chi connectivity index (χ4n) is 1.82. The Morgan fingerprint density at radius 2 is 2.21 bits per heavy atom. The Balaban J connectivity index is 2.05. The van der Waals surface area contributed by atoms with Crippen molar-refractivity contribution in [3.05, 3.63) is 39.6 Å². The summed E-state index contributed by atoms with van der Waals surface area (Å²) in [5.41, 5.74) is 0.253. The zero-order valence-electron chi connectivity index (χ0n) is 9.64. The molecule has 100 valence electrons. The van der Waals surface area contributed by atoms with Gasteiger partial charge in [0.2, 0.25) is 0 Å². The van der Waals surface area contributed by atoms with Gasteiger partial charge in [0.15, 0.2) is 0 Å². The molecular weight excluding hydrogens is 336 g/mol. The van der Waals surface area contributed by atoms with Crippen LogP contribution in [-0.2, 0) is 4.79 Å². The first-order valence-electron chi connectivity index (χ1n) is 5.50. The summed E-state index contributed by atoms with van der Waals surface area (Å²) in [6, 6.07) is 1.27. The highest BCUT2D eigenvalue weighted by molar-refractivity contribution is 9.10. The van der Waals surface area contributed by atoms with Crippen LogP contribution < -0.4 is 5.32 Å². The Bertz CT molecular complexity index is 562. The van der Waals surface area contributed by atoms with Crippen LogP contribution in [0.5, 0.6) is 0 Å². The van der Waals surface area contributed by atoms with E-state index in [1.54, 1.807) is 18.2 Å². The molecule has 1 aromatic rings. The lowest BCUT2D eigenvalue weighted by molar-refractivity contribution is -0.140. The van der Waals surface area contributed by atoms with Crippen LogP contribution in [0.3, 0.4) is 0 Å². The van der Waals surface area contributed by atoms with Crippen molar-refractivity contribution in [1.82, 2.24) is 10.3 Å². The molecule has 5 nitrogen and oxygen atoms in total. The normalized spacial score (nSPS) is 21.4. The zero-order chi connectivity index (χ0) is 14.0. The second-order valence-electron chi connectivity index (χ2n) is 4.14. The average molecular weight is 346 g/mol. The number of carbonyl (C=O) groups is 2. The van der Waals surface area contributed by atoms with Gasteiger partial charge in [-0.15, -0.1) is 0 Å². The van der Waals surface area contributed by atoms with Gasteiger partial charge >= 0.3 is 5.97 Å². The van der Waals surface area contributed by atoms with Crippen molar-refractivity contribution in [2.45, 2.75) is 12.5 Å². The standard InChI is InChI=1S/C12H10BrClN2O3/c13-7-4-9(10(14)15-5-7)11(17)16-8-2-1-6(3-8)12(18)19/h1-2,4-6,8H,3H2,(H,16,17)(H,18,19). The summed E-state index contributed by atoms with van der Waals surface area (Å²) in [4.78, 5) is 26.7. The van der Waals surface area contributed by atoms with Crippen molar-refractivity contribution in [3.8, 4) is 0 Å². The number of aromatic nitrogens is 1. The predicted octanol–water partition coefficient (Wildman–Crippen LogP) is 2.26. The molecule has 2 N–H and O–H groups in total. The number of carboxylic acid groups (broad SMARTS) is 1. The Hall–Kier alpha value is -1.40. The molecule has 1 aliphatic carbocycles. The number of nitrogens with zero attached hydrogens (tertiary/aromatic N) is 1. The molecule has 1 aromatic heterocycles. The first-order chi connectivity index (χ1) is 8.97. The molecule has 1 amide bonds. The van der Waals surface area contributed by atoms with E-state index in [-0.39, 0.29) is 22.7 Å². The van der Waals surface area contributed by atoms with Crippen LogP contribution in [0.1, 0.15) is 16.8 Å². The third kappa shape index (κ3) is 3.33. The Morgan fingerprint density at radius 1 is 1.47 bits per heavy atom. The molecule has 2 unspecified atom stereocenters. The number of carbonyl (C=O) groups excluding carboxylic acids is 1. The molecule has 0 aromatic carbocycles. The van der Waals surface area contributed by atoms with Gasteiger partial charge in [-0.2, -0.15) is 0 Å². The maximum Gasteiger partial charge on any atom is 0.310 e. The number of amides is 1. The van der Waals surface area contributed by atoms with Crippen molar-refractivity contribution in [2.24, 2.45) is 5.92 Å². The molecular formula is C12H10BrClN2O3. The number of hydrogen-bond acceptors (Lipinski definition) is 3. The molecule has 7 heteroatoms. The van der Waals surface area contributed by atoms with E-state index >= 15 is 0 Å². The number of aliphatic carboxylic acids is 1. The molecule has 0 fully saturated rings. The molecule has 2 rings (SSSR count). The van der Waals surface area contributed by atoms with E-state index in [9.17, 15) is 9.59 Å². The van der Waals surface area contributed by atoms with Crippen molar-refractivity contribution in [2.75, 3.05) is 0 Å². The summed E-state index contributed by atoms with van der Waals surface area (Å²) < 4.78 is 0.646. The van der Waals surface area contributed by atoms with Gasteiger partial charge in [0.25, 0.3) is 5.91 Å². The van der Waals surface area contributed by atoms with Gasteiger partial charge in [0.1, 0.15) is 5.15 Å². The highest BCUT2D eigenvalue weighted by Crippen LogP contribution is 2.21. The third-order valence-corrected chi connectivity index (χ3v) is 3.50. The third-order valence-electron chi connectivity index (χ3n) is 2.77. The maximum atomic E-state index is 12.0. The van der Waals surface area contributed by atoms with Gasteiger partial charge in [-0.25, -0.2) is 4.98 Å². The summed E-state index contributed by atoms with van der Waals surface area (Å²) in [6.45, 7) is 0. The second kappa shape index (κ2) is 5.71. The number of halogens is 2. The first-order valence-corrected chi connectivity index (χ1v) is 6.67. The van der Waals surface area contributed by atoms with E-state index in [1.807, 2.05) is 0 Å². The quantitative estimate of drug-likeness (QED) is 0.650. The summed E-state index contributed by atoms with van der Waals surface area (Å²) in [5, 5.41) is 11.7. The minimum Gasteiger partial charge on any atom is -0.481 e. The summed E-state index contributed by atoms with van der Waals surface area (Å²) in [7, 11) is 0. The van der Waals surface area contributed by atoms with E-state index in [0.717, 1.165) is 0 Å². The smallest absolute Gasteiger partial charge is 0.310 e. The van der Waals surface area contributed by atoms with Crippen molar-refractivity contribution in [3.63, 3.8) is 0 Å². The molecule has 0 radical (unpaired) electrons. The Kier molecular flexibility index (Phi) is 4.21. The first kappa shape index (κ1) is 14.0. The van der Waals surface area contributed by atoms with Gasteiger partial charge in [0.05, 0.1) is 11.5 Å². The van der Waals surface area contributed by atoms with Gasteiger partial charge in [0, 0.05) is 16.7 Å². The number of nitrogens with one attached hydrogen (secondary N) is 1. The highest BCUT2D eigenvalue weighted by Gasteiger charge is 2.26. The van der Waals surface area contributed by atoms with Gasteiger partial charge in [-0.1, -0.05) is 23.8 Å². The average Bonchev–Trinajstić information content (AvgIpc) is 2.80. The molecule has 0 saturated heterocycles. The largest absolute Gasteiger partial charge is 0.481 e. The van der Waals surface area contributed by atoms with Gasteiger partial charge in [-0.05, 0) is 28.4 Å². The molecule has 19 heavy (non-hydrogen) atoms. The fraction of sp³-hybridized carbons (Fsp3) is 0.250. The lowest BCUT2D eigenvalue weighted by Gasteiger charge is -2.12. The summed E-state index contributed by atoms with van der Waals surface area (Å²) >= 11 is 9.06. The molecule has 1 aliphatic rings. The van der Waals surface area contributed by atoms with Crippen molar-refractivity contribution in [1.29, 1.82) is 0 Å². The maximum absolute atomic E-state index is 12.0. The predicted molar refractivity (Wildman–Crippen MR) is 73.1 cm³/mol. The van der Waals surface area contributed by atoms with E-state index in [1.165, 1.54) is 6.20 Å². The minimum absolute atomic E-state index is 0.109. The molecule has 0 saturated carbocycles. The topological polar surface area (TPSA) is 79.3 Å². The van der Waals surface area contributed by atoms with E-state index in [0.29, 0.717) is 10.9 Å². The second-order valence-corrected chi connectivity index (χ2v) is 5.41. The minimum atomic E-state index is -0.893. The van der Waals surface area contributed by atoms with Crippen LogP contribution in [0.15, 0.2) is 28.9 Å². The van der Waals surface area contributed by atoms with Crippen molar-refractivity contribution < 1.29 is 14.7 Å². The number of carboxylic acids is 1. The lowest BCUT2D eigenvalue weighted by Crippen LogP contribution is -2.33. The van der Waals surface area contributed by atoms with E-state index in [2.05, 4.69) is 26.2 Å². The summed E-state index contributed by atoms with van der Waals surface area (Å²) in [6.07, 6.45) is 5.10.